The number of benzene rings is 1. The quantitative estimate of drug-likeness (QED) is 0.764. The second kappa shape index (κ2) is 7.27. The number of rotatable bonds is 6. The Balaban J connectivity index is 2.38. The van der Waals surface area contributed by atoms with Crippen molar-refractivity contribution in [2.45, 2.75) is 19.5 Å². The van der Waals surface area contributed by atoms with Gasteiger partial charge in [0.15, 0.2) is 11.6 Å². The highest BCUT2D eigenvalue weighted by atomic mass is 32.2. The molecule has 1 heterocycles. The zero-order valence-corrected chi connectivity index (χ0v) is 13.4. The molecule has 0 radical (unpaired) electrons. The first-order valence-corrected chi connectivity index (χ1v) is 8.40. The minimum absolute atomic E-state index is 0.176. The predicted molar refractivity (Wildman–Crippen MR) is 77.2 cm³/mol. The summed E-state index contributed by atoms with van der Waals surface area (Å²) in [5.41, 5.74) is -1.87. The van der Waals surface area contributed by atoms with Crippen LogP contribution in [0.2, 0.25) is 0 Å². The molecule has 0 aliphatic carbocycles. The monoisotopic (exact) mass is 382 g/mol. The average molecular weight is 382 g/mol. The number of amides is 1. The maximum Gasteiger partial charge on any atom is 0.387 e. The number of hydrogen-bond acceptors (Lipinski definition) is 5. The number of carbonyl (C=O) groups excluding carboxylic acids is 1. The molecule has 2 N–H and O–H groups in total. The highest BCUT2D eigenvalue weighted by molar-refractivity contribution is 7.87. The number of aromatic carboxylic acids is 1. The summed E-state index contributed by atoms with van der Waals surface area (Å²) in [7, 11) is -4.24. The second-order valence-electron chi connectivity index (χ2n) is 5.03. The van der Waals surface area contributed by atoms with E-state index in [9.17, 15) is 31.2 Å². The molecule has 0 spiro atoms. The molecule has 1 aliphatic rings. The number of hydrogen-bond donors (Lipinski definition) is 2. The van der Waals surface area contributed by atoms with Crippen molar-refractivity contribution < 1.29 is 41.0 Å². The van der Waals surface area contributed by atoms with Crippen LogP contribution in [-0.4, -0.2) is 49.4 Å². The van der Waals surface area contributed by atoms with Crippen molar-refractivity contribution in [3.05, 3.63) is 29.1 Å². The summed E-state index contributed by atoms with van der Waals surface area (Å²) >= 11 is 0. The van der Waals surface area contributed by atoms with Gasteiger partial charge < -0.3 is 9.84 Å². The van der Waals surface area contributed by atoms with Gasteiger partial charge >= 0.3 is 22.8 Å². The van der Waals surface area contributed by atoms with Crippen molar-refractivity contribution in [3.63, 3.8) is 0 Å². The minimum atomic E-state index is -4.24. The lowest BCUT2D eigenvalue weighted by atomic mass is 10.1. The fourth-order valence-corrected chi connectivity index (χ4v) is 3.48. The molecular weight excluding hydrogens is 369 g/mol. The summed E-state index contributed by atoms with van der Waals surface area (Å²) in [5, 5.41) is 8.80. The molecular formula is C13H13F3N2O6S. The van der Waals surface area contributed by atoms with Gasteiger partial charge in [0, 0.05) is 13.1 Å². The number of nitrogens with zero attached hydrogens (tertiary/aromatic N) is 1. The lowest BCUT2D eigenvalue weighted by Gasteiger charge is -2.17. The maximum atomic E-state index is 14.1. The molecule has 1 fully saturated rings. The zero-order valence-electron chi connectivity index (χ0n) is 12.5. The summed E-state index contributed by atoms with van der Waals surface area (Å²) < 4.78 is 69.5. The molecule has 0 unspecified atom stereocenters. The third-order valence-corrected chi connectivity index (χ3v) is 4.89. The second-order valence-corrected chi connectivity index (χ2v) is 6.70. The summed E-state index contributed by atoms with van der Waals surface area (Å²) in [5.74, 6) is -6.24. The van der Waals surface area contributed by atoms with Crippen molar-refractivity contribution in [3.8, 4) is 5.75 Å². The van der Waals surface area contributed by atoms with Crippen LogP contribution >= 0.6 is 0 Å². The lowest BCUT2D eigenvalue weighted by Crippen LogP contribution is -2.42. The van der Waals surface area contributed by atoms with E-state index < -0.39 is 51.4 Å². The van der Waals surface area contributed by atoms with Gasteiger partial charge in [-0.25, -0.2) is 13.9 Å². The molecule has 2 rings (SSSR count). The summed E-state index contributed by atoms with van der Waals surface area (Å²) in [6.07, 6.45) is 1.19. The number of halogens is 3. The topological polar surface area (TPSA) is 113 Å². The van der Waals surface area contributed by atoms with Gasteiger partial charge in [0.1, 0.15) is 0 Å². The van der Waals surface area contributed by atoms with Gasteiger partial charge in [-0.3, -0.25) is 4.79 Å². The van der Waals surface area contributed by atoms with E-state index in [1.807, 2.05) is 0 Å². The molecule has 0 atom stereocenters. The molecule has 138 valence electrons. The summed E-state index contributed by atoms with van der Waals surface area (Å²) in [4.78, 5) is 23.0. The van der Waals surface area contributed by atoms with Crippen LogP contribution in [0.1, 0.15) is 33.6 Å². The highest BCUT2D eigenvalue weighted by Gasteiger charge is 2.30. The average Bonchev–Trinajstić information content (AvgIpc) is 3.03. The molecule has 0 aromatic heterocycles. The van der Waals surface area contributed by atoms with Crippen molar-refractivity contribution in [2.24, 2.45) is 0 Å². The molecule has 12 heteroatoms. The number of carboxylic acids is 1. The molecule has 0 saturated carbocycles. The van der Waals surface area contributed by atoms with E-state index in [1.165, 1.54) is 0 Å². The van der Waals surface area contributed by atoms with Crippen LogP contribution in [0.4, 0.5) is 13.2 Å². The molecule has 0 bridgehead atoms. The Hall–Kier alpha value is -2.34. The summed E-state index contributed by atoms with van der Waals surface area (Å²) in [6, 6.07) is 1.34. The van der Waals surface area contributed by atoms with Gasteiger partial charge in [-0.1, -0.05) is 0 Å². The molecule has 1 aromatic carbocycles. The highest BCUT2D eigenvalue weighted by Crippen LogP contribution is 2.28. The van der Waals surface area contributed by atoms with E-state index >= 15 is 0 Å². The Morgan fingerprint density at radius 2 is 1.76 bits per heavy atom. The molecule has 1 aromatic rings. The molecule has 8 nitrogen and oxygen atoms in total. The normalized spacial score (nSPS) is 15.4. The first kappa shape index (κ1) is 19.0. The van der Waals surface area contributed by atoms with Crippen LogP contribution in [0.3, 0.4) is 0 Å². The smallest absolute Gasteiger partial charge is 0.387 e. The Morgan fingerprint density at radius 1 is 1.20 bits per heavy atom. The predicted octanol–water partition coefficient (Wildman–Crippen LogP) is 1.20. The van der Waals surface area contributed by atoms with Crippen molar-refractivity contribution >= 4 is 22.1 Å². The molecule has 1 aliphatic heterocycles. The van der Waals surface area contributed by atoms with Crippen LogP contribution in [0.15, 0.2) is 12.1 Å². The first-order valence-electron chi connectivity index (χ1n) is 6.96. The Bertz CT molecular complexity index is 793. The van der Waals surface area contributed by atoms with Crippen molar-refractivity contribution in [1.82, 2.24) is 9.03 Å². The molecule has 25 heavy (non-hydrogen) atoms. The largest absolute Gasteiger partial charge is 0.478 e. The van der Waals surface area contributed by atoms with Gasteiger partial charge in [-0.05, 0) is 25.0 Å². The lowest BCUT2D eigenvalue weighted by molar-refractivity contribution is -0.0526. The fraction of sp³-hybridized carbons (Fsp3) is 0.385. The number of alkyl halides is 2. The van der Waals surface area contributed by atoms with E-state index in [0.717, 1.165) is 4.31 Å². The molecule has 1 saturated heterocycles. The SMILES string of the molecule is O=C(O)c1ccc(C(=O)NS(=O)(=O)N2CCCC2)c(OC(F)F)c1F. The van der Waals surface area contributed by atoms with Crippen LogP contribution in [0.5, 0.6) is 5.75 Å². The van der Waals surface area contributed by atoms with Crippen molar-refractivity contribution in [1.29, 1.82) is 0 Å². The minimum Gasteiger partial charge on any atom is -0.478 e. The zero-order chi connectivity index (χ0) is 18.8. The Labute approximate surface area is 140 Å². The number of carboxylic acid groups (broad SMARTS) is 1. The van der Waals surface area contributed by atoms with E-state index in [0.29, 0.717) is 25.0 Å². The number of nitrogens with one attached hydrogen (secondary N) is 1. The van der Waals surface area contributed by atoms with E-state index in [2.05, 4.69) is 4.74 Å². The third kappa shape index (κ3) is 4.20. The Kier molecular flexibility index (Phi) is 5.52. The summed E-state index contributed by atoms with van der Waals surface area (Å²) in [6.45, 7) is -3.20. The van der Waals surface area contributed by atoms with Gasteiger partial charge in [-0.15, -0.1) is 0 Å². The van der Waals surface area contributed by atoms with Crippen LogP contribution < -0.4 is 9.46 Å². The maximum absolute atomic E-state index is 14.1. The standard InChI is InChI=1S/C13H13F3N2O6S/c14-9-7(12(20)21)3-4-8(10(9)24-13(15)16)11(19)17-25(22,23)18-5-1-2-6-18/h3-4,13H,1-2,5-6H2,(H,17,19)(H,20,21). The van der Waals surface area contributed by atoms with Crippen LogP contribution in [0, 0.1) is 5.82 Å². The number of carbonyl (C=O) groups is 2. The van der Waals surface area contributed by atoms with E-state index in [1.54, 1.807) is 4.72 Å². The third-order valence-electron chi connectivity index (χ3n) is 3.41. The van der Waals surface area contributed by atoms with Crippen molar-refractivity contribution in [2.75, 3.05) is 13.1 Å². The van der Waals surface area contributed by atoms with Gasteiger partial charge in [0.05, 0.1) is 11.1 Å². The van der Waals surface area contributed by atoms with Crippen LogP contribution in [0.25, 0.3) is 0 Å². The first-order chi connectivity index (χ1) is 11.6. The van der Waals surface area contributed by atoms with Crippen LogP contribution in [-0.2, 0) is 10.2 Å². The van der Waals surface area contributed by atoms with Gasteiger partial charge in [-0.2, -0.15) is 21.5 Å². The van der Waals surface area contributed by atoms with E-state index in [-0.39, 0.29) is 13.1 Å². The molecule has 1 amide bonds. The fourth-order valence-electron chi connectivity index (χ4n) is 2.27. The number of ether oxygens (including phenoxy) is 1. The van der Waals surface area contributed by atoms with E-state index in [4.69, 9.17) is 5.11 Å². The van der Waals surface area contributed by atoms with Gasteiger partial charge in [0.25, 0.3) is 5.91 Å². The van der Waals surface area contributed by atoms with Gasteiger partial charge in [0.2, 0.25) is 0 Å². The Morgan fingerprint density at radius 3 is 2.28 bits per heavy atom.